The van der Waals surface area contributed by atoms with Gasteiger partial charge >= 0.3 is 0 Å². The van der Waals surface area contributed by atoms with E-state index in [-0.39, 0.29) is 6.17 Å². The quantitative estimate of drug-likeness (QED) is 0.485. The lowest BCUT2D eigenvalue weighted by Crippen LogP contribution is -2.57. The minimum Gasteiger partial charge on any atom is -0.331 e. The summed E-state index contributed by atoms with van der Waals surface area (Å²) in [5, 5.41) is 3.68. The average Bonchev–Trinajstić information content (AvgIpc) is 3.24. The summed E-state index contributed by atoms with van der Waals surface area (Å²) in [6.07, 6.45) is 3.87. The number of aliphatic imine (C=N–C) groups is 1. The number of rotatable bonds is 4. The predicted octanol–water partition coefficient (Wildman–Crippen LogP) is 3.90. The number of fused-ring (bicyclic) bond motifs is 5. The number of hydrogen-bond acceptors (Lipinski definition) is 7. The normalized spacial score (nSPS) is 18.1. The summed E-state index contributed by atoms with van der Waals surface area (Å²) in [6.45, 7) is 2.06. The first-order valence-corrected chi connectivity index (χ1v) is 11.8. The predicted molar refractivity (Wildman–Crippen MR) is 129 cm³/mol. The second-order valence-electron chi connectivity index (χ2n) is 7.93. The first-order chi connectivity index (χ1) is 15.8. The Morgan fingerprint density at radius 2 is 1.88 bits per heavy atom. The van der Waals surface area contributed by atoms with Crippen LogP contribution in [-0.2, 0) is 6.54 Å². The van der Waals surface area contributed by atoms with E-state index in [0.717, 1.165) is 35.2 Å². The molecule has 0 amide bonds. The van der Waals surface area contributed by atoms with Crippen molar-refractivity contribution in [2.24, 2.45) is 4.99 Å². The molecule has 6 rings (SSSR count). The van der Waals surface area contributed by atoms with Crippen LogP contribution in [0, 0.1) is 0 Å². The largest absolute Gasteiger partial charge is 0.331 e. The number of pyridine rings is 1. The van der Waals surface area contributed by atoms with Gasteiger partial charge in [-0.3, -0.25) is 19.4 Å². The van der Waals surface area contributed by atoms with Gasteiger partial charge in [0.25, 0.3) is 0 Å². The second-order valence-corrected chi connectivity index (χ2v) is 8.81. The Hall–Kier alpha value is -3.36. The molecule has 1 atom stereocenters. The van der Waals surface area contributed by atoms with Crippen LogP contribution < -0.4 is 10.2 Å². The maximum absolute atomic E-state index is 5.01. The Labute approximate surface area is 190 Å². The highest BCUT2D eigenvalue weighted by atomic mass is 32.2. The number of aromatic nitrogens is 3. The lowest BCUT2D eigenvalue weighted by Gasteiger charge is -2.41. The standard InChI is InChI=1S/C24H23N7S/c1-32-19-11-9-17(10-12-19)22-28-23-26-15-29(14-18-6-4-5-13-25-18)16-30(23)24-27-20-7-2-3-8-21(20)31(22)24/h2-13,22H,14-16H2,1H3,(H,26,28)/t22-/m0/s1. The fourth-order valence-electron chi connectivity index (χ4n) is 4.35. The number of anilines is 1. The average molecular weight is 442 g/mol. The van der Waals surface area contributed by atoms with Crippen molar-refractivity contribution in [1.29, 1.82) is 0 Å². The van der Waals surface area contributed by atoms with E-state index in [1.54, 1.807) is 11.8 Å². The number of hydrogen-bond donors (Lipinski definition) is 1. The zero-order valence-electron chi connectivity index (χ0n) is 17.7. The van der Waals surface area contributed by atoms with Crippen LogP contribution in [0.2, 0.25) is 0 Å². The van der Waals surface area contributed by atoms with Gasteiger partial charge in [0.2, 0.25) is 11.9 Å². The zero-order chi connectivity index (χ0) is 21.5. The molecule has 0 bridgehead atoms. The van der Waals surface area contributed by atoms with Crippen LogP contribution in [0.5, 0.6) is 0 Å². The van der Waals surface area contributed by atoms with E-state index < -0.39 is 0 Å². The number of para-hydroxylation sites is 2. The fraction of sp³-hybridized carbons (Fsp3) is 0.208. The van der Waals surface area contributed by atoms with Gasteiger partial charge < -0.3 is 5.32 Å². The first-order valence-electron chi connectivity index (χ1n) is 10.6. The highest BCUT2D eigenvalue weighted by molar-refractivity contribution is 7.98. The summed E-state index contributed by atoms with van der Waals surface area (Å²) < 4.78 is 2.28. The van der Waals surface area contributed by atoms with Crippen LogP contribution in [0.15, 0.2) is 82.8 Å². The molecule has 160 valence electrons. The monoisotopic (exact) mass is 441 g/mol. The van der Waals surface area contributed by atoms with E-state index in [9.17, 15) is 0 Å². The third-order valence-electron chi connectivity index (χ3n) is 5.90. The van der Waals surface area contributed by atoms with E-state index in [1.165, 1.54) is 10.5 Å². The molecule has 32 heavy (non-hydrogen) atoms. The lowest BCUT2D eigenvalue weighted by atomic mass is 10.1. The fourth-order valence-corrected chi connectivity index (χ4v) is 4.76. The summed E-state index contributed by atoms with van der Waals surface area (Å²) in [6, 6.07) is 23.0. The van der Waals surface area contributed by atoms with Gasteiger partial charge in [-0.2, -0.15) is 0 Å². The van der Waals surface area contributed by atoms with Crippen LogP contribution >= 0.6 is 11.8 Å². The van der Waals surface area contributed by atoms with Gasteiger partial charge in [0, 0.05) is 17.6 Å². The van der Waals surface area contributed by atoms with Crippen LogP contribution in [0.25, 0.3) is 11.0 Å². The third-order valence-corrected chi connectivity index (χ3v) is 6.65. The van der Waals surface area contributed by atoms with Crippen molar-refractivity contribution in [3.05, 3.63) is 84.2 Å². The Kier molecular flexibility index (Phi) is 4.81. The molecule has 4 aromatic rings. The van der Waals surface area contributed by atoms with Gasteiger partial charge in [-0.1, -0.05) is 30.3 Å². The van der Waals surface area contributed by atoms with Crippen LogP contribution in [0.3, 0.4) is 0 Å². The Balaban J connectivity index is 1.41. The first kappa shape index (κ1) is 19.3. The smallest absolute Gasteiger partial charge is 0.216 e. The van der Waals surface area contributed by atoms with E-state index in [1.807, 2.05) is 24.4 Å². The molecule has 2 aliphatic heterocycles. The number of nitrogens with one attached hydrogen (secondary N) is 1. The van der Waals surface area contributed by atoms with Crippen molar-refractivity contribution in [2.45, 2.75) is 17.6 Å². The third kappa shape index (κ3) is 3.32. The maximum Gasteiger partial charge on any atom is 0.216 e. The molecular formula is C24H23N7S. The van der Waals surface area contributed by atoms with Crippen LogP contribution in [0.4, 0.5) is 5.95 Å². The molecule has 7 nitrogen and oxygen atoms in total. The molecule has 2 aliphatic rings. The van der Waals surface area contributed by atoms with Crippen molar-refractivity contribution < 1.29 is 0 Å². The summed E-state index contributed by atoms with van der Waals surface area (Å²) >= 11 is 1.75. The SMILES string of the molecule is CSc1ccc([C@H]2NC3=NCN(Cc4ccccn4)CN3c3nc4ccccc4n32)cc1. The van der Waals surface area contributed by atoms with Gasteiger partial charge in [0.15, 0.2) is 0 Å². The van der Waals surface area contributed by atoms with Crippen molar-refractivity contribution in [1.82, 2.24) is 24.8 Å². The second kappa shape index (κ2) is 7.96. The highest BCUT2D eigenvalue weighted by Gasteiger charge is 2.35. The molecule has 4 heterocycles. The van der Waals surface area contributed by atoms with Gasteiger partial charge in [-0.15, -0.1) is 11.8 Å². The topological polar surface area (TPSA) is 61.6 Å². The molecule has 0 radical (unpaired) electrons. The minimum atomic E-state index is -0.0642. The van der Waals surface area contributed by atoms with E-state index in [2.05, 4.69) is 79.5 Å². The van der Waals surface area contributed by atoms with Gasteiger partial charge in [0.1, 0.15) is 6.17 Å². The van der Waals surface area contributed by atoms with E-state index in [0.29, 0.717) is 13.3 Å². The van der Waals surface area contributed by atoms with Crippen molar-refractivity contribution in [3.63, 3.8) is 0 Å². The van der Waals surface area contributed by atoms with Crippen LogP contribution in [0.1, 0.15) is 17.4 Å². The molecule has 0 fully saturated rings. The van der Waals surface area contributed by atoms with E-state index >= 15 is 0 Å². The molecule has 0 saturated heterocycles. The number of nitrogens with zero attached hydrogens (tertiary/aromatic N) is 6. The molecule has 2 aromatic heterocycles. The Morgan fingerprint density at radius 3 is 2.69 bits per heavy atom. The number of guanidine groups is 1. The number of imidazole rings is 1. The molecular weight excluding hydrogens is 418 g/mol. The number of benzene rings is 2. The molecule has 1 N–H and O–H groups in total. The molecule has 0 spiro atoms. The molecule has 8 heteroatoms. The van der Waals surface area contributed by atoms with Gasteiger partial charge in [-0.05, 0) is 48.2 Å². The Morgan fingerprint density at radius 1 is 1.03 bits per heavy atom. The van der Waals surface area contributed by atoms with E-state index in [4.69, 9.17) is 9.98 Å². The van der Waals surface area contributed by atoms with Crippen LogP contribution in [-0.4, -0.2) is 45.0 Å². The molecule has 0 saturated carbocycles. The Bertz CT molecular complexity index is 1280. The lowest BCUT2D eigenvalue weighted by molar-refractivity contribution is 0.261. The molecule has 0 unspecified atom stereocenters. The number of thioether (sulfide) groups is 1. The van der Waals surface area contributed by atoms with Crippen molar-refractivity contribution >= 4 is 34.7 Å². The van der Waals surface area contributed by atoms with Crippen molar-refractivity contribution in [2.75, 3.05) is 24.5 Å². The minimum absolute atomic E-state index is 0.0642. The molecule has 2 aromatic carbocycles. The maximum atomic E-state index is 5.01. The van der Waals surface area contributed by atoms with Gasteiger partial charge in [0.05, 0.1) is 30.1 Å². The molecule has 0 aliphatic carbocycles. The van der Waals surface area contributed by atoms with Gasteiger partial charge in [-0.25, -0.2) is 9.98 Å². The summed E-state index contributed by atoms with van der Waals surface area (Å²) in [4.78, 5) is 20.1. The highest BCUT2D eigenvalue weighted by Crippen LogP contribution is 2.34. The van der Waals surface area contributed by atoms with Crippen molar-refractivity contribution in [3.8, 4) is 0 Å². The summed E-state index contributed by atoms with van der Waals surface area (Å²) in [5.74, 6) is 1.78. The summed E-state index contributed by atoms with van der Waals surface area (Å²) in [5.41, 5.74) is 4.31. The summed E-state index contributed by atoms with van der Waals surface area (Å²) in [7, 11) is 0. The zero-order valence-corrected chi connectivity index (χ0v) is 18.5.